The Morgan fingerprint density at radius 3 is 2.25 bits per heavy atom. The van der Waals surface area contributed by atoms with Crippen LogP contribution in [0.4, 0.5) is 0 Å². The van der Waals surface area contributed by atoms with Gasteiger partial charge in [-0.2, -0.15) is 4.40 Å². The van der Waals surface area contributed by atoms with Gasteiger partial charge in [0, 0.05) is 12.1 Å². The molecule has 0 N–H and O–H groups in total. The van der Waals surface area contributed by atoms with Crippen LogP contribution in [0, 0.1) is 11.8 Å². The average molecular weight is 301 g/mol. The molecule has 3 atom stereocenters. The quantitative estimate of drug-likeness (QED) is 0.735. The van der Waals surface area contributed by atoms with Gasteiger partial charge in [-0.05, 0) is 53.9 Å². The second kappa shape index (κ2) is 5.96. The van der Waals surface area contributed by atoms with Crippen molar-refractivity contribution in [3.63, 3.8) is 0 Å². The molecular formula is C15H27NO3S. The number of carbonyl (C=O) groups is 1. The van der Waals surface area contributed by atoms with Crippen LogP contribution in [-0.4, -0.2) is 26.2 Å². The molecule has 0 aromatic heterocycles. The normalized spacial score (nSPS) is 27.6. The minimum absolute atomic E-state index is 0.153. The summed E-state index contributed by atoms with van der Waals surface area (Å²) in [5, 5.41) is 0. The van der Waals surface area contributed by atoms with Crippen LogP contribution in [0.15, 0.2) is 4.40 Å². The van der Waals surface area contributed by atoms with E-state index in [1.54, 1.807) is 0 Å². The van der Waals surface area contributed by atoms with Crippen molar-refractivity contribution >= 4 is 22.7 Å². The van der Waals surface area contributed by atoms with E-state index in [1.165, 1.54) is 0 Å². The second-order valence-electron chi connectivity index (χ2n) is 7.52. The van der Waals surface area contributed by atoms with Crippen molar-refractivity contribution in [1.82, 2.24) is 0 Å². The molecule has 20 heavy (non-hydrogen) atoms. The largest absolute Gasteiger partial charge is 0.460 e. The zero-order valence-electron chi connectivity index (χ0n) is 13.6. The van der Waals surface area contributed by atoms with Crippen molar-refractivity contribution in [1.29, 1.82) is 0 Å². The van der Waals surface area contributed by atoms with E-state index in [0.29, 0.717) is 6.42 Å². The molecular weight excluding hydrogens is 274 g/mol. The summed E-state index contributed by atoms with van der Waals surface area (Å²) in [5.41, 5.74) is 0.420. The second-order valence-corrected chi connectivity index (χ2v) is 9.42. The standard InChI is InChI=1S/C15H27NO3S/c1-10-8-11(13(17)19-14(2,3)4)9-12(10)16-20(18)15(5,6)7/h10-11H,8-9H2,1-7H3/b16-12-/t10-,11+,20-/m0/s1. The highest BCUT2D eigenvalue weighted by Gasteiger charge is 2.36. The molecule has 1 aliphatic carbocycles. The predicted molar refractivity (Wildman–Crippen MR) is 83.1 cm³/mol. The van der Waals surface area contributed by atoms with Crippen LogP contribution >= 0.6 is 0 Å². The molecule has 5 heteroatoms. The topological polar surface area (TPSA) is 55.7 Å². The highest BCUT2D eigenvalue weighted by atomic mass is 32.2. The molecule has 0 heterocycles. The third kappa shape index (κ3) is 5.00. The van der Waals surface area contributed by atoms with Gasteiger partial charge in [0.2, 0.25) is 0 Å². The van der Waals surface area contributed by atoms with E-state index in [4.69, 9.17) is 4.74 Å². The van der Waals surface area contributed by atoms with Crippen LogP contribution in [0.1, 0.15) is 61.3 Å². The first-order chi connectivity index (χ1) is 8.90. The number of ether oxygens (including phenoxy) is 1. The van der Waals surface area contributed by atoms with E-state index in [-0.39, 0.29) is 22.6 Å². The molecule has 0 unspecified atom stereocenters. The smallest absolute Gasteiger partial charge is 0.309 e. The highest BCUT2D eigenvalue weighted by molar-refractivity contribution is 7.85. The molecule has 0 radical (unpaired) electrons. The Hall–Kier alpha value is -0.710. The molecule has 116 valence electrons. The summed E-state index contributed by atoms with van der Waals surface area (Å²) < 4.78 is 21.5. The van der Waals surface area contributed by atoms with Crippen molar-refractivity contribution in [3.05, 3.63) is 0 Å². The molecule has 1 rings (SSSR count). The monoisotopic (exact) mass is 301 g/mol. The van der Waals surface area contributed by atoms with Gasteiger partial charge in [-0.3, -0.25) is 4.79 Å². The van der Waals surface area contributed by atoms with E-state index >= 15 is 0 Å². The maximum atomic E-state index is 12.1. The molecule has 0 aromatic carbocycles. The minimum atomic E-state index is -1.26. The van der Waals surface area contributed by atoms with E-state index in [2.05, 4.69) is 4.40 Å². The van der Waals surface area contributed by atoms with Gasteiger partial charge in [0.1, 0.15) is 16.6 Å². The lowest BCUT2D eigenvalue weighted by atomic mass is 10.1. The molecule has 1 fully saturated rings. The van der Waals surface area contributed by atoms with Crippen LogP contribution < -0.4 is 0 Å². The number of hydrogen-bond acceptors (Lipinski definition) is 3. The molecule has 0 saturated heterocycles. The number of hydrogen-bond donors (Lipinski definition) is 0. The summed E-state index contributed by atoms with van der Waals surface area (Å²) >= 11 is 0. The molecule has 0 aliphatic heterocycles. The SMILES string of the molecule is C[C@H]1C[C@@H](C(=O)OC(C)(C)C)C/C1=N/[S@@](=O)C(C)(C)C. The van der Waals surface area contributed by atoms with E-state index in [9.17, 15) is 9.00 Å². The van der Waals surface area contributed by atoms with Gasteiger partial charge >= 0.3 is 5.97 Å². The summed E-state index contributed by atoms with van der Waals surface area (Å²) in [7, 11) is -1.26. The van der Waals surface area contributed by atoms with Crippen LogP contribution in [0.2, 0.25) is 0 Å². The molecule has 0 aromatic rings. The fourth-order valence-electron chi connectivity index (χ4n) is 2.04. The minimum Gasteiger partial charge on any atom is -0.460 e. The fraction of sp³-hybridized carbons (Fsp3) is 0.867. The van der Waals surface area contributed by atoms with Crippen molar-refractivity contribution < 1.29 is 13.7 Å². The maximum Gasteiger partial charge on any atom is 0.309 e. The van der Waals surface area contributed by atoms with E-state index < -0.39 is 16.6 Å². The van der Waals surface area contributed by atoms with Crippen molar-refractivity contribution in [3.8, 4) is 0 Å². The molecule has 1 saturated carbocycles. The van der Waals surface area contributed by atoms with Crippen molar-refractivity contribution in [2.75, 3.05) is 0 Å². The Morgan fingerprint density at radius 2 is 1.80 bits per heavy atom. The van der Waals surface area contributed by atoms with Gasteiger partial charge in [0.25, 0.3) is 0 Å². The lowest BCUT2D eigenvalue weighted by molar-refractivity contribution is -0.159. The Balaban J connectivity index is 2.75. The summed E-state index contributed by atoms with van der Waals surface area (Å²) in [6.45, 7) is 13.3. The van der Waals surface area contributed by atoms with Gasteiger partial charge in [-0.15, -0.1) is 0 Å². The van der Waals surface area contributed by atoms with E-state index in [0.717, 1.165) is 12.1 Å². The Bertz CT molecular complexity index is 429. The van der Waals surface area contributed by atoms with Crippen molar-refractivity contribution in [2.24, 2.45) is 16.2 Å². The Labute approximate surface area is 125 Å². The molecule has 0 amide bonds. The first kappa shape index (κ1) is 17.3. The number of nitrogens with zero attached hydrogens (tertiary/aromatic N) is 1. The summed E-state index contributed by atoms with van der Waals surface area (Å²) in [4.78, 5) is 12.1. The van der Waals surface area contributed by atoms with Crippen LogP contribution in [0.5, 0.6) is 0 Å². The van der Waals surface area contributed by atoms with Gasteiger partial charge in [-0.1, -0.05) is 6.92 Å². The van der Waals surface area contributed by atoms with E-state index in [1.807, 2.05) is 48.5 Å². The zero-order chi connectivity index (χ0) is 15.7. The highest BCUT2D eigenvalue weighted by Crippen LogP contribution is 2.31. The Kier molecular flexibility index (Phi) is 5.17. The molecule has 0 spiro atoms. The molecule has 1 aliphatic rings. The average Bonchev–Trinajstić information content (AvgIpc) is 2.56. The summed E-state index contributed by atoms with van der Waals surface area (Å²) in [5.74, 6) is -0.130. The van der Waals surface area contributed by atoms with Crippen LogP contribution in [0.3, 0.4) is 0 Å². The first-order valence-electron chi connectivity index (χ1n) is 7.12. The van der Waals surface area contributed by atoms with Gasteiger partial charge in [0.15, 0.2) is 0 Å². The maximum absolute atomic E-state index is 12.1. The number of carbonyl (C=O) groups excluding carboxylic acids is 1. The number of esters is 1. The lowest BCUT2D eigenvalue weighted by Gasteiger charge is -2.21. The summed E-state index contributed by atoms with van der Waals surface area (Å²) in [6.07, 6.45) is 1.30. The van der Waals surface area contributed by atoms with Crippen LogP contribution in [-0.2, 0) is 20.5 Å². The molecule has 4 nitrogen and oxygen atoms in total. The summed E-state index contributed by atoms with van der Waals surface area (Å²) in [6, 6.07) is 0. The predicted octanol–water partition coefficient (Wildman–Crippen LogP) is 3.28. The van der Waals surface area contributed by atoms with Gasteiger partial charge in [0.05, 0.1) is 10.7 Å². The third-order valence-corrected chi connectivity index (χ3v) is 4.57. The molecule has 0 bridgehead atoms. The third-order valence-electron chi connectivity index (χ3n) is 3.13. The zero-order valence-corrected chi connectivity index (χ0v) is 14.5. The van der Waals surface area contributed by atoms with Crippen LogP contribution in [0.25, 0.3) is 0 Å². The number of rotatable bonds is 2. The van der Waals surface area contributed by atoms with Crippen molar-refractivity contribution in [2.45, 2.75) is 71.7 Å². The van der Waals surface area contributed by atoms with Gasteiger partial charge < -0.3 is 4.74 Å². The first-order valence-corrected chi connectivity index (χ1v) is 8.23. The Morgan fingerprint density at radius 1 is 1.25 bits per heavy atom. The lowest BCUT2D eigenvalue weighted by Crippen LogP contribution is -2.28. The van der Waals surface area contributed by atoms with Gasteiger partial charge in [-0.25, -0.2) is 4.21 Å². The fourth-order valence-corrected chi connectivity index (χ4v) is 2.78.